The Hall–Kier alpha value is -1.97. The minimum absolute atomic E-state index is 0.0957. The largest absolute Gasteiger partial charge is 0.365 e. The van der Waals surface area contributed by atoms with Crippen molar-refractivity contribution in [3.8, 4) is 0 Å². The SMILES string of the molecule is CC(=O)/C(=C\c1ccc(F)cc1)C(N)=O. The molecule has 15 heavy (non-hydrogen) atoms. The van der Waals surface area contributed by atoms with Crippen LogP contribution in [0.5, 0.6) is 0 Å². The number of hydrogen-bond acceptors (Lipinski definition) is 2. The maximum absolute atomic E-state index is 12.6. The van der Waals surface area contributed by atoms with Gasteiger partial charge < -0.3 is 5.73 Å². The molecule has 1 amide bonds. The molecule has 78 valence electrons. The summed E-state index contributed by atoms with van der Waals surface area (Å²) in [5.41, 5.74) is 5.47. The highest BCUT2D eigenvalue weighted by molar-refractivity contribution is 6.21. The highest BCUT2D eigenvalue weighted by Crippen LogP contribution is 2.08. The number of benzene rings is 1. The van der Waals surface area contributed by atoms with Crippen molar-refractivity contribution < 1.29 is 14.0 Å². The van der Waals surface area contributed by atoms with Gasteiger partial charge in [0.05, 0.1) is 5.57 Å². The average molecular weight is 207 g/mol. The van der Waals surface area contributed by atoms with Crippen LogP contribution in [0.15, 0.2) is 29.8 Å². The second-order valence-electron chi connectivity index (χ2n) is 3.03. The summed E-state index contributed by atoms with van der Waals surface area (Å²) in [7, 11) is 0. The Morgan fingerprint density at radius 1 is 1.27 bits per heavy atom. The van der Waals surface area contributed by atoms with Crippen molar-refractivity contribution in [2.24, 2.45) is 5.73 Å². The van der Waals surface area contributed by atoms with Gasteiger partial charge in [0.15, 0.2) is 5.78 Å². The summed E-state index contributed by atoms with van der Waals surface area (Å²) < 4.78 is 12.6. The summed E-state index contributed by atoms with van der Waals surface area (Å²) in [6.45, 7) is 1.25. The first-order chi connectivity index (χ1) is 7.00. The lowest BCUT2D eigenvalue weighted by Crippen LogP contribution is -2.18. The van der Waals surface area contributed by atoms with Crippen molar-refractivity contribution >= 4 is 17.8 Å². The molecule has 0 bridgehead atoms. The van der Waals surface area contributed by atoms with E-state index in [4.69, 9.17) is 5.73 Å². The molecule has 0 spiro atoms. The van der Waals surface area contributed by atoms with Gasteiger partial charge in [0, 0.05) is 0 Å². The van der Waals surface area contributed by atoms with E-state index < -0.39 is 11.7 Å². The third-order valence-corrected chi connectivity index (χ3v) is 1.83. The molecule has 0 radical (unpaired) electrons. The van der Waals surface area contributed by atoms with Gasteiger partial charge in [-0.25, -0.2) is 4.39 Å². The number of halogens is 1. The summed E-state index contributed by atoms with van der Waals surface area (Å²) in [4.78, 5) is 21.9. The molecule has 0 saturated carbocycles. The standard InChI is InChI=1S/C11H10FNO2/c1-7(14)10(11(13)15)6-8-2-4-9(12)5-3-8/h2-6H,1H3,(H2,13,15)/b10-6+. The molecule has 3 nitrogen and oxygen atoms in total. The van der Waals surface area contributed by atoms with Gasteiger partial charge in [-0.2, -0.15) is 0 Å². The first-order valence-electron chi connectivity index (χ1n) is 4.28. The van der Waals surface area contributed by atoms with E-state index >= 15 is 0 Å². The monoisotopic (exact) mass is 207 g/mol. The van der Waals surface area contributed by atoms with Crippen molar-refractivity contribution in [3.63, 3.8) is 0 Å². The lowest BCUT2D eigenvalue weighted by atomic mass is 10.1. The number of nitrogens with two attached hydrogens (primary N) is 1. The highest BCUT2D eigenvalue weighted by atomic mass is 19.1. The summed E-state index contributed by atoms with van der Waals surface area (Å²) >= 11 is 0. The van der Waals surface area contributed by atoms with E-state index in [-0.39, 0.29) is 11.4 Å². The Morgan fingerprint density at radius 2 is 1.80 bits per heavy atom. The maximum Gasteiger partial charge on any atom is 0.252 e. The molecule has 0 aromatic heterocycles. The van der Waals surface area contributed by atoms with E-state index in [0.29, 0.717) is 5.56 Å². The minimum Gasteiger partial charge on any atom is -0.365 e. The van der Waals surface area contributed by atoms with Crippen LogP contribution in [0.3, 0.4) is 0 Å². The van der Waals surface area contributed by atoms with Crippen molar-refractivity contribution in [1.82, 2.24) is 0 Å². The molecule has 0 saturated heterocycles. The smallest absolute Gasteiger partial charge is 0.252 e. The van der Waals surface area contributed by atoms with Gasteiger partial charge in [0.25, 0.3) is 5.91 Å². The molecule has 2 N–H and O–H groups in total. The first-order valence-corrected chi connectivity index (χ1v) is 4.28. The molecule has 0 fully saturated rings. The third-order valence-electron chi connectivity index (χ3n) is 1.83. The maximum atomic E-state index is 12.6. The van der Waals surface area contributed by atoms with Gasteiger partial charge in [-0.05, 0) is 30.7 Å². The number of primary amides is 1. The Labute approximate surface area is 86.4 Å². The van der Waals surface area contributed by atoms with Gasteiger partial charge in [-0.15, -0.1) is 0 Å². The van der Waals surface area contributed by atoms with E-state index in [1.165, 1.54) is 37.3 Å². The molecule has 1 rings (SSSR count). The molecule has 0 heterocycles. The first kappa shape index (κ1) is 11.1. The zero-order valence-corrected chi connectivity index (χ0v) is 8.16. The average Bonchev–Trinajstić information content (AvgIpc) is 2.15. The van der Waals surface area contributed by atoms with E-state index in [2.05, 4.69) is 0 Å². The Kier molecular flexibility index (Phi) is 3.33. The molecular weight excluding hydrogens is 197 g/mol. The van der Waals surface area contributed by atoms with Crippen molar-refractivity contribution in [1.29, 1.82) is 0 Å². The molecule has 0 aliphatic heterocycles. The Bertz CT molecular complexity index is 405. The van der Waals surface area contributed by atoms with Crippen LogP contribution in [0.4, 0.5) is 4.39 Å². The third kappa shape index (κ3) is 3.02. The Morgan fingerprint density at radius 3 is 2.20 bits per heavy atom. The Balaban J connectivity index is 3.08. The normalized spacial score (nSPS) is 11.2. The van der Waals surface area contributed by atoms with Gasteiger partial charge >= 0.3 is 0 Å². The van der Waals surface area contributed by atoms with Crippen LogP contribution >= 0.6 is 0 Å². The van der Waals surface area contributed by atoms with Crippen molar-refractivity contribution in [2.45, 2.75) is 6.92 Å². The predicted octanol–water partition coefficient (Wildman–Crippen LogP) is 1.28. The number of carbonyl (C=O) groups is 2. The number of ketones is 1. The molecule has 0 atom stereocenters. The van der Waals surface area contributed by atoms with Crippen LogP contribution in [0, 0.1) is 5.82 Å². The highest BCUT2D eigenvalue weighted by Gasteiger charge is 2.09. The molecule has 1 aromatic carbocycles. The molecule has 4 heteroatoms. The zero-order valence-electron chi connectivity index (χ0n) is 8.16. The number of carbonyl (C=O) groups excluding carboxylic acids is 2. The van der Waals surface area contributed by atoms with Crippen LogP contribution in [-0.2, 0) is 9.59 Å². The molecule has 1 aromatic rings. The summed E-state index contributed by atoms with van der Waals surface area (Å²) in [5.74, 6) is -1.57. The molecular formula is C11H10FNO2. The lowest BCUT2D eigenvalue weighted by Gasteiger charge is -1.98. The van der Waals surface area contributed by atoms with Crippen LogP contribution in [0.2, 0.25) is 0 Å². The summed E-state index contributed by atoms with van der Waals surface area (Å²) in [6.07, 6.45) is 1.34. The van der Waals surface area contributed by atoms with Crippen molar-refractivity contribution in [3.05, 3.63) is 41.2 Å². The van der Waals surface area contributed by atoms with Crippen molar-refractivity contribution in [2.75, 3.05) is 0 Å². The fourth-order valence-corrected chi connectivity index (χ4v) is 1.07. The summed E-state index contributed by atoms with van der Waals surface area (Å²) in [5, 5.41) is 0. The lowest BCUT2D eigenvalue weighted by molar-refractivity contribution is -0.119. The quantitative estimate of drug-likeness (QED) is 0.461. The summed E-state index contributed by atoms with van der Waals surface area (Å²) in [6, 6.07) is 5.40. The zero-order chi connectivity index (χ0) is 11.4. The topological polar surface area (TPSA) is 60.2 Å². The number of Topliss-reactive ketones (excluding diaryl/α,β-unsaturated/α-hetero) is 1. The fourth-order valence-electron chi connectivity index (χ4n) is 1.07. The number of amides is 1. The van der Waals surface area contributed by atoms with Gasteiger partial charge in [-0.1, -0.05) is 12.1 Å². The van der Waals surface area contributed by atoms with E-state index in [0.717, 1.165) is 0 Å². The van der Waals surface area contributed by atoms with E-state index in [9.17, 15) is 14.0 Å². The second-order valence-corrected chi connectivity index (χ2v) is 3.03. The van der Waals surface area contributed by atoms with E-state index in [1.807, 2.05) is 0 Å². The van der Waals surface area contributed by atoms with Gasteiger partial charge in [0.1, 0.15) is 5.82 Å². The molecule has 0 unspecified atom stereocenters. The predicted molar refractivity (Wildman–Crippen MR) is 54.3 cm³/mol. The number of hydrogen-bond donors (Lipinski definition) is 1. The van der Waals surface area contributed by atoms with E-state index in [1.54, 1.807) is 0 Å². The molecule has 0 aliphatic rings. The minimum atomic E-state index is -0.785. The van der Waals surface area contributed by atoms with Crippen LogP contribution in [0.25, 0.3) is 6.08 Å². The van der Waals surface area contributed by atoms with Crippen LogP contribution in [-0.4, -0.2) is 11.7 Å². The van der Waals surface area contributed by atoms with Gasteiger partial charge in [0.2, 0.25) is 0 Å². The number of rotatable bonds is 3. The van der Waals surface area contributed by atoms with Crippen LogP contribution in [0.1, 0.15) is 12.5 Å². The van der Waals surface area contributed by atoms with Crippen LogP contribution < -0.4 is 5.73 Å². The van der Waals surface area contributed by atoms with Gasteiger partial charge in [-0.3, -0.25) is 9.59 Å². The molecule has 0 aliphatic carbocycles. The second kappa shape index (κ2) is 4.50. The fraction of sp³-hybridized carbons (Fsp3) is 0.0909.